The van der Waals surface area contributed by atoms with Crippen molar-refractivity contribution in [3.8, 4) is 11.5 Å². The molecule has 0 aliphatic carbocycles. The van der Waals surface area contributed by atoms with E-state index in [9.17, 15) is 4.79 Å². The minimum atomic E-state index is 0.209. The largest absolute Gasteiger partial charge is 0.493 e. The number of rotatable bonds is 5. The molecule has 3 heterocycles. The van der Waals surface area contributed by atoms with Gasteiger partial charge in [0.2, 0.25) is 0 Å². The normalized spacial score (nSPS) is 18.2. The summed E-state index contributed by atoms with van der Waals surface area (Å²) in [5, 5.41) is 0. The number of ether oxygens (including phenoxy) is 2. The van der Waals surface area contributed by atoms with Crippen molar-refractivity contribution in [2.45, 2.75) is 26.4 Å². The molecule has 140 valence electrons. The molecule has 2 aromatic carbocycles. The molecule has 3 fully saturated rings. The van der Waals surface area contributed by atoms with Crippen LogP contribution in [0.2, 0.25) is 0 Å². The summed E-state index contributed by atoms with van der Waals surface area (Å²) >= 11 is 0. The first kappa shape index (κ1) is 17.7. The van der Waals surface area contributed by atoms with Crippen molar-refractivity contribution in [3.05, 3.63) is 64.9 Å². The first-order valence-corrected chi connectivity index (χ1v) is 9.51. The second-order valence-corrected chi connectivity index (χ2v) is 7.34. The molecule has 0 saturated carbocycles. The number of carbonyl (C=O) groups excluding carboxylic acids is 1. The van der Waals surface area contributed by atoms with Crippen molar-refractivity contribution < 1.29 is 14.3 Å². The van der Waals surface area contributed by atoms with E-state index < -0.39 is 0 Å². The summed E-state index contributed by atoms with van der Waals surface area (Å²) in [4.78, 5) is 14.7. The lowest BCUT2D eigenvalue weighted by atomic mass is 9.84. The van der Waals surface area contributed by atoms with Crippen molar-refractivity contribution in [2.24, 2.45) is 5.92 Å². The molecule has 0 amide bonds. The van der Waals surface area contributed by atoms with E-state index in [1.165, 1.54) is 5.56 Å². The van der Waals surface area contributed by atoms with Gasteiger partial charge in [0.25, 0.3) is 0 Å². The van der Waals surface area contributed by atoms with Crippen molar-refractivity contribution in [2.75, 3.05) is 20.2 Å². The number of nitrogens with zero attached hydrogens (tertiary/aromatic N) is 1. The molecular weight excluding hydrogens is 338 g/mol. The summed E-state index contributed by atoms with van der Waals surface area (Å²) in [5.74, 6) is 1.88. The van der Waals surface area contributed by atoms with Crippen LogP contribution in [0.5, 0.6) is 11.5 Å². The van der Waals surface area contributed by atoms with E-state index in [1.54, 1.807) is 7.11 Å². The van der Waals surface area contributed by atoms with Gasteiger partial charge in [0, 0.05) is 19.0 Å². The molecular formula is C23H25NO3. The van der Waals surface area contributed by atoms with Crippen LogP contribution in [-0.2, 0) is 11.4 Å². The summed E-state index contributed by atoms with van der Waals surface area (Å²) in [5.41, 5.74) is 4.15. The molecule has 0 atom stereocenters. The standard InChI is InChI=1S/C23H25NO3/c1-16-3-5-17(6-4-16)15-27-21-8-7-18(14-22(21)26-2)13-20-23(25)19-9-11-24(20)12-10-19/h3-8,13-14,19H,9-12,15H2,1-2H3/b20-13-. The number of hydrogen-bond acceptors (Lipinski definition) is 4. The molecule has 4 nitrogen and oxygen atoms in total. The fraction of sp³-hybridized carbons (Fsp3) is 0.348. The van der Waals surface area contributed by atoms with Gasteiger partial charge >= 0.3 is 0 Å². The average Bonchev–Trinajstić information content (AvgIpc) is 2.71. The first-order valence-electron chi connectivity index (χ1n) is 9.51. The highest BCUT2D eigenvalue weighted by atomic mass is 16.5. The van der Waals surface area contributed by atoms with Crippen LogP contribution in [0.15, 0.2) is 48.2 Å². The molecule has 4 heteroatoms. The SMILES string of the molecule is COc1cc(/C=C2/C(=O)C3CCN2CC3)ccc1OCc1ccc(C)cc1. The van der Waals surface area contributed by atoms with Crippen LogP contribution in [0, 0.1) is 12.8 Å². The van der Waals surface area contributed by atoms with E-state index in [2.05, 4.69) is 36.1 Å². The molecule has 5 rings (SSSR count). The maximum atomic E-state index is 12.5. The van der Waals surface area contributed by atoms with Gasteiger partial charge in [-0.3, -0.25) is 4.79 Å². The van der Waals surface area contributed by atoms with Crippen LogP contribution < -0.4 is 9.47 Å². The summed E-state index contributed by atoms with van der Waals surface area (Å²) in [6, 6.07) is 14.1. The second-order valence-electron chi connectivity index (χ2n) is 7.34. The van der Waals surface area contributed by atoms with E-state index in [-0.39, 0.29) is 11.7 Å². The minimum absolute atomic E-state index is 0.209. The maximum Gasteiger partial charge on any atom is 0.182 e. The molecule has 2 aromatic rings. The van der Waals surface area contributed by atoms with Gasteiger partial charge in [0.1, 0.15) is 6.61 Å². The topological polar surface area (TPSA) is 38.8 Å². The van der Waals surface area contributed by atoms with Gasteiger partial charge in [-0.25, -0.2) is 0 Å². The molecule has 3 aliphatic rings. The average molecular weight is 363 g/mol. The molecule has 2 bridgehead atoms. The van der Waals surface area contributed by atoms with Gasteiger partial charge < -0.3 is 14.4 Å². The van der Waals surface area contributed by atoms with Gasteiger partial charge in [0.05, 0.1) is 12.8 Å². The number of aryl methyl sites for hydroxylation is 1. The Hall–Kier alpha value is -2.75. The lowest BCUT2D eigenvalue weighted by Crippen LogP contribution is -2.45. The zero-order valence-corrected chi connectivity index (χ0v) is 15.9. The Morgan fingerprint density at radius 2 is 1.81 bits per heavy atom. The number of fused-ring (bicyclic) bond motifs is 3. The molecule has 0 unspecified atom stereocenters. The monoisotopic (exact) mass is 363 g/mol. The molecule has 27 heavy (non-hydrogen) atoms. The Morgan fingerprint density at radius 1 is 1.07 bits per heavy atom. The zero-order chi connectivity index (χ0) is 18.8. The van der Waals surface area contributed by atoms with Crippen molar-refractivity contribution >= 4 is 11.9 Å². The van der Waals surface area contributed by atoms with Crippen molar-refractivity contribution in [1.82, 2.24) is 4.90 Å². The second kappa shape index (κ2) is 7.47. The number of Topliss-reactive ketones (excluding diaryl/α,β-unsaturated/α-hetero) is 1. The van der Waals surface area contributed by atoms with Crippen LogP contribution in [0.4, 0.5) is 0 Å². The third kappa shape index (κ3) is 3.70. The van der Waals surface area contributed by atoms with Gasteiger partial charge in [-0.05, 0) is 49.1 Å². The predicted molar refractivity (Wildman–Crippen MR) is 106 cm³/mol. The number of carbonyl (C=O) groups is 1. The predicted octanol–water partition coefficient (Wildman–Crippen LogP) is 4.22. The zero-order valence-electron chi connectivity index (χ0n) is 15.9. The lowest BCUT2D eigenvalue weighted by molar-refractivity contribution is -0.125. The Morgan fingerprint density at radius 3 is 2.48 bits per heavy atom. The van der Waals surface area contributed by atoms with E-state index in [4.69, 9.17) is 9.47 Å². The summed E-state index contributed by atoms with van der Waals surface area (Å²) in [6.45, 7) is 4.53. The smallest absolute Gasteiger partial charge is 0.182 e. The molecule has 0 spiro atoms. The number of hydrogen-bond donors (Lipinski definition) is 0. The van der Waals surface area contributed by atoms with Crippen LogP contribution in [0.25, 0.3) is 6.08 Å². The van der Waals surface area contributed by atoms with Crippen molar-refractivity contribution in [3.63, 3.8) is 0 Å². The van der Waals surface area contributed by atoms with E-state index in [0.29, 0.717) is 18.1 Å². The number of ketones is 1. The highest BCUT2D eigenvalue weighted by molar-refractivity contribution is 6.01. The van der Waals surface area contributed by atoms with E-state index in [0.717, 1.165) is 42.8 Å². The quantitative estimate of drug-likeness (QED) is 0.746. The first-order chi connectivity index (χ1) is 13.1. The lowest BCUT2D eigenvalue weighted by Gasteiger charge is -2.41. The van der Waals surface area contributed by atoms with E-state index in [1.807, 2.05) is 24.3 Å². The number of benzene rings is 2. The van der Waals surface area contributed by atoms with Gasteiger partial charge in [-0.1, -0.05) is 35.9 Å². The number of methoxy groups -OCH3 is 1. The van der Waals surface area contributed by atoms with Gasteiger partial charge in [0.15, 0.2) is 17.3 Å². The highest BCUT2D eigenvalue weighted by Gasteiger charge is 2.36. The van der Waals surface area contributed by atoms with Gasteiger partial charge in [-0.15, -0.1) is 0 Å². The van der Waals surface area contributed by atoms with E-state index >= 15 is 0 Å². The fourth-order valence-electron chi connectivity index (χ4n) is 3.81. The molecule has 3 aliphatic heterocycles. The maximum absolute atomic E-state index is 12.5. The molecule has 0 radical (unpaired) electrons. The van der Waals surface area contributed by atoms with Crippen LogP contribution in [0.3, 0.4) is 0 Å². The van der Waals surface area contributed by atoms with Crippen LogP contribution in [-0.4, -0.2) is 30.9 Å². The minimum Gasteiger partial charge on any atom is -0.493 e. The molecule has 0 aromatic heterocycles. The van der Waals surface area contributed by atoms with Gasteiger partial charge in [-0.2, -0.15) is 0 Å². The summed E-state index contributed by atoms with van der Waals surface area (Å²) < 4.78 is 11.5. The summed E-state index contributed by atoms with van der Waals surface area (Å²) in [7, 11) is 1.64. The Bertz CT molecular complexity index is 862. The Balaban J connectivity index is 1.52. The highest BCUT2D eigenvalue weighted by Crippen LogP contribution is 2.34. The molecule has 0 N–H and O–H groups in total. The third-order valence-corrected chi connectivity index (χ3v) is 5.46. The van der Waals surface area contributed by atoms with Crippen molar-refractivity contribution in [1.29, 1.82) is 0 Å². The number of allylic oxidation sites excluding steroid dienone is 1. The fourth-order valence-corrected chi connectivity index (χ4v) is 3.81. The molecule has 3 saturated heterocycles. The third-order valence-electron chi connectivity index (χ3n) is 5.46. The summed E-state index contributed by atoms with van der Waals surface area (Å²) in [6.07, 6.45) is 3.97. The Kier molecular flexibility index (Phi) is 4.88. The van der Waals surface area contributed by atoms with Crippen LogP contribution >= 0.6 is 0 Å². The number of piperidine rings is 3. The van der Waals surface area contributed by atoms with Crippen LogP contribution in [0.1, 0.15) is 29.5 Å². The Labute approximate surface area is 160 Å².